The maximum Gasteiger partial charge on any atom is 0.317 e. The Bertz CT molecular complexity index is 605. The number of nitrogens with zero attached hydrogens (tertiary/aromatic N) is 1. The lowest BCUT2D eigenvalue weighted by Crippen LogP contribution is -2.51. The number of benzene rings is 1. The van der Waals surface area contributed by atoms with E-state index in [-0.39, 0.29) is 29.7 Å². The number of carbonyl (C=O) groups excluding carboxylic acids is 2. The van der Waals surface area contributed by atoms with Crippen LogP contribution in [0.25, 0.3) is 0 Å². The predicted octanol–water partition coefficient (Wildman–Crippen LogP) is 2.81. The van der Waals surface area contributed by atoms with E-state index in [4.69, 9.17) is 0 Å². The smallest absolute Gasteiger partial charge is 0.317 e. The Kier molecular flexibility index (Phi) is 5.89. The van der Waals surface area contributed by atoms with Crippen molar-refractivity contribution in [1.82, 2.24) is 15.5 Å². The van der Waals surface area contributed by atoms with Crippen LogP contribution in [0.15, 0.2) is 24.3 Å². The van der Waals surface area contributed by atoms with E-state index in [9.17, 15) is 14.0 Å². The number of hydrogen-bond donors (Lipinski definition) is 2. The second-order valence-corrected chi connectivity index (χ2v) is 6.93. The Balaban J connectivity index is 1.66. The minimum absolute atomic E-state index is 0.0219. The zero-order valence-electron chi connectivity index (χ0n) is 14.5. The molecule has 5 nitrogen and oxygen atoms in total. The topological polar surface area (TPSA) is 61.4 Å². The van der Waals surface area contributed by atoms with E-state index in [1.165, 1.54) is 12.1 Å². The molecule has 1 saturated carbocycles. The molecule has 2 fully saturated rings. The molecule has 1 heterocycles. The summed E-state index contributed by atoms with van der Waals surface area (Å²) in [4.78, 5) is 27.0. The monoisotopic (exact) mass is 347 g/mol. The summed E-state index contributed by atoms with van der Waals surface area (Å²) >= 11 is 0. The fourth-order valence-corrected chi connectivity index (χ4v) is 3.85. The van der Waals surface area contributed by atoms with Crippen molar-refractivity contribution in [1.29, 1.82) is 0 Å². The first-order chi connectivity index (χ1) is 12.1. The van der Waals surface area contributed by atoms with Crippen molar-refractivity contribution < 1.29 is 14.0 Å². The summed E-state index contributed by atoms with van der Waals surface area (Å²) < 4.78 is 13.0. The molecule has 1 aromatic carbocycles. The number of hydrogen-bond acceptors (Lipinski definition) is 2. The van der Waals surface area contributed by atoms with Crippen molar-refractivity contribution in [2.45, 2.75) is 51.1 Å². The molecule has 2 N–H and O–H groups in total. The van der Waals surface area contributed by atoms with Gasteiger partial charge < -0.3 is 15.5 Å². The molecule has 1 aliphatic heterocycles. The van der Waals surface area contributed by atoms with Crippen LogP contribution < -0.4 is 10.6 Å². The van der Waals surface area contributed by atoms with Crippen LogP contribution in [0.3, 0.4) is 0 Å². The number of amides is 3. The van der Waals surface area contributed by atoms with Crippen LogP contribution in [-0.2, 0) is 11.3 Å². The van der Waals surface area contributed by atoms with Crippen LogP contribution in [0.1, 0.15) is 44.1 Å². The van der Waals surface area contributed by atoms with Crippen molar-refractivity contribution >= 4 is 11.9 Å². The van der Waals surface area contributed by atoms with E-state index in [1.807, 2.05) is 4.90 Å². The van der Waals surface area contributed by atoms with Gasteiger partial charge in [0.25, 0.3) is 0 Å². The van der Waals surface area contributed by atoms with Crippen LogP contribution in [-0.4, -0.2) is 36.0 Å². The Morgan fingerprint density at radius 2 is 1.96 bits per heavy atom. The third-order valence-corrected chi connectivity index (χ3v) is 5.21. The highest BCUT2D eigenvalue weighted by molar-refractivity contribution is 5.81. The second kappa shape index (κ2) is 8.32. The molecule has 2 unspecified atom stereocenters. The molecule has 1 aromatic rings. The van der Waals surface area contributed by atoms with Crippen molar-refractivity contribution in [3.8, 4) is 0 Å². The second-order valence-electron chi connectivity index (χ2n) is 6.93. The molecule has 3 rings (SSSR count). The SMILES string of the molecule is O=C1NCCCCCN(C(=O)NCc2ccc(F)cc2)C2CCCC12. The molecular formula is C19H26FN3O2. The van der Waals surface area contributed by atoms with Gasteiger partial charge in [0, 0.05) is 25.7 Å². The Morgan fingerprint density at radius 3 is 2.76 bits per heavy atom. The minimum Gasteiger partial charge on any atom is -0.356 e. The van der Waals surface area contributed by atoms with Gasteiger partial charge in [0.1, 0.15) is 5.82 Å². The maximum absolute atomic E-state index is 13.0. The molecule has 0 radical (unpaired) electrons. The largest absolute Gasteiger partial charge is 0.356 e. The molecule has 6 heteroatoms. The summed E-state index contributed by atoms with van der Waals surface area (Å²) in [5, 5.41) is 5.95. The molecular weight excluding hydrogens is 321 g/mol. The lowest BCUT2D eigenvalue weighted by molar-refractivity contribution is -0.126. The lowest BCUT2D eigenvalue weighted by atomic mass is 9.99. The van der Waals surface area contributed by atoms with E-state index in [0.717, 1.165) is 50.6 Å². The molecule has 136 valence electrons. The van der Waals surface area contributed by atoms with Crippen molar-refractivity contribution in [2.75, 3.05) is 13.1 Å². The van der Waals surface area contributed by atoms with Crippen molar-refractivity contribution in [3.63, 3.8) is 0 Å². The van der Waals surface area contributed by atoms with Crippen LogP contribution in [0, 0.1) is 11.7 Å². The summed E-state index contributed by atoms with van der Waals surface area (Å²) in [6, 6.07) is 5.97. The van der Waals surface area contributed by atoms with Gasteiger partial charge in [-0.25, -0.2) is 9.18 Å². The highest BCUT2D eigenvalue weighted by atomic mass is 19.1. The number of halogens is 1. The quantitative estimate of drug-likeness (QED) is 0.864. The van der Waals surface area contributed by atoms with Crippen molar-refractivity contribution in [3.05, 3.63) is 35.6 Å². The molecule has 1 saturated heterocycles. The van der Waals surface area contributed by atoms with Gasteiger partial charge in [-0.15, -0.1) is 0 Å². The van der Waals surface area contributed by atoms with E-state index < -0.39 is 0 Å². The Labute approximate surface area is 148 Å². The molecule has 0 bridgehead atoms. The molecule has 25 heavy (non-hydrogen) atoms. The number of nitrogens with one attached hydrogen (secondary N) is 2. The molecule has 0 spiro atoms. The van der Waals surface area contributed by atoms with E-state index in [1.54, 1.807) is 12.1 Å². The summed E-state index contributed by atoms with van der Waals surface area (Å²) in [5.41, 5.74) is 0.858. The van der Waals surface area contributed by atoms with Crippen LogP contribution in [0.5, 0.6) is 0 Å². The molecule has 3 amide bonds. The van der Waals surface area contributed by atoms with Gasteiger partial charge in [-0.05, 0) is 49.8 Å². The fourth-order valence-electron chi connectivity index (χ4n) is 3.85. The maximum atomic E-state index is 13.0. The average molecular weight is 347 g/mol. The summed E-state index contributed by atoms with van der Waals surface area (Å²) in [6.45, 7) is 1.78. The van der Waals surface area contributed by atoms with E-state index >= 15 is 0 Å². The van der Waals surface area contributed by atoms with Gasteiger partial charge in [0.15, 0.2) is 0 Å². The molecule has 1 aliphatic carbocycles. The standard InChI is InChI=1S/C19H26FN3O2/c20-15-9-7-14(8-10-15)13-22-19(25)23-12-3-1-2-11-21-18(24)16-5-4-6-17(16)23/h7-10,16-17H,1-6,11-13H2,(H,21,24)(H,22,25). The summed E-state index contributed by atoms with van der Waals surface area (Å²) in [5.74, 6) is -0.304. The fraction of sp³-hybridized carbons (Fsp3) is 0.579. The normalized spacial score (nSPS) is 24.4. The minimum atomic E-state index is -0.286. The van der Waals surface area contributed by atoms with Crippen LogP contribution >= 0.6 is 0 Å². The first kappa shape index (κ1) is 17.7. The summed E-state index contributed by atoms with van der Waals surface area (Å²) in [6.07, 6.45) is 5.60. The van der Waals surface area contributed by atoms with Gasteiger partial charge in [0.2, 0.25) is 5.91 Å². The predicted molar refractivity (Wildman–Crippen MR) is 93.3 cm³/mol. The van der Waals surface area contributed by atoms with Crippen molar-refractivity contribution in [2.24, 2.45) is 5.92 Å². The third-order valence-electron chi connectivity index (χ3n) is 5.21. The zero-order valence-corrected chi connectivity index (χ0v) is 14.5. The molecule has 0 aromatic heterocycles. The first-order valence-corrected chi connectivity index (χ1v) is 9.22. The Hall–Kier alpha value is -2.11. The number of carbonyl (C=O) groups is 2. The van der Waals surface area contributed by atoms with Gasteiger partial charge >= 0.3 is 6.03 Å². The molecule has 2 atom stereocenters. The molecule has 2 aliphatic rings. The van der Waals surface area contributed by atoms with Gasteiger partial charge in [0.05, 0.1) is 5.92 Å². The lowest BCUT2D eigenvalue weighted by Gasteiger charge is -2.33. The zero-order chi connectivity index (χ0) is 17.6. The van der Waals surface area contributed by atoms with Gasteiger partial charge in [-0.3, -0.25) is 4.79 Å². The number of rotatable bonds is 2. The van der Waals surface area contributed by atoms with E-state index in [0.29, 0.717) is 13.1 Å². The van der Waals surface area contributed by atoms with Crippen LogP contribution in [0.2, 0.25) is 0 Å². The first-order valence-electron chi connectivity index (χ1n) is 9.22. The van der Waals surface area contributed by atoms with Gasteiger partial charge in [-0.1, -0.05) is 18.6 Å². The number of urea groups is 1. The highest BCUT2D eigenvalue weighted by Crippen LogP contribution is 2.31. The third kappa shape index (κ3) is 4.50. The van der Waals surface area contributed by atoms with Crippen LogP contribution in [0.4, 0.5) is 9.18 Å². The Morgan fingerprint density at radius 1 is 1.16 bits per heavy atom. The van der Waals surface area contributed by atoms with E-state index in [2.05, 4.69) is 10.6 Å². The highest BCUT2D eigenvalue weighted by Gasteiger charge is 2.38. The number of fused-ring (bicyclic) bond motifs is 1. The summed E-state index contributed by atoms with van der Waals surface area (Å²) in [7, 11) is 0. The van der Waals surface area contributed by atoms with Gasteiger partial charge in [-0.2, -0.15) is 0 Å². The average Bonchev–Trinajstić information content (AvgIpc) is 3.09.